The molecule has 0 unspecified atom stereocenters. The number of hydrogen-bond donors (Lipinski definition) is 1. The van der Waals surface area contributed by atoms with Crippen molar-refractivity contribution in [2.45, 2.75) is 24.1 Å². The molecule has 3 rings (SSSR count). The molecule has 25 heavy (non-hydrogen) atoms. The van der Waals surface area contributed by atoms with Gasteiger partial charge in [-0.05, 0) is 35.9 Å². The van der Waals surface area contributed by atoms with Crippen LogP contribution in [0.25, 0.3) is 6.08 Å². The number of amides is 2. The molecule has 2 amide bonds. The van der Waals surface area contributed by atoms with E-state index in [1.165, 1.54) is 17.4 Å². The Morgan fingerprint density at radius 2 is 2.16 bits per heavy atom. The van der Waals surface area contributed by atoms with Crippen molar-refractivity contribution < 1.29 is 9.59 Å². The number of benzene rings is 1. The number of carbonyl (C=O) groups is 2. The van der Waals surface area contributed by atoms with Gasteiger partial charge >= 0.3 is 0 Å². The Morgan fingerprint density at radius 3 is 2.84 bits per heavy atom. The molecule has 1 aliphatic heterocycles. The van der Waals surface area contributed by atoms with Gasteiger partial charge in [-0.15, -0.1) is 10.2 Å². The van der Waals surface area contributed by atoms with Gasteiger partial charge in [0.1, 0.15) is 0 Å². The highest BCUT2D eigenvalue weighted by Gasteiger charge is 2.21. The molecule has 2 heterocycles. The molecule has 1 saturated heterocycles. The maximum Gasteiger partial charge on any atom is 0.250 e. The Morgan fingerprint density at radius 1 is 1.36 bits per heavy atom. The Hall–Kier alpha value is -2.19. The van der Waals surface area contributed by atoms with Crippen molar-refractivity contribution in [1.82, 2.24) is 10.2 Å². The maximum absolute atomic E-state index is 12.0. The molecule has 0 atom stereocenters. The van der Waals surface area contributed by atoms with Crippen LogP contribution in [0.5, 0.6) is 0 Å². The number of anilines is 2. The number of hydrogen-bond acceptors (Lipinski definition) is 6. The van der Waals surface area contributed by atoms with E-state index < -0.39 is 0 Å². The van der Waals surface area contributed by atoms with Crippen LogP contribution in [0.2, 0.25) is 0 Å². The maximum atomic E-state index is 12.0. The molecule has 8 heteroatoms. The molecule has 0 aliphatic carbocycles. The predicted octanol–water partition coefficient (Wildman–Crippen LogP) is 3.43. The zero-order chi connectivity index (χ0) is 17.6. The van der Waals surface area contributed by atoms with E-state index >= 15 is 0 Å². The minimum absolute atomic E-state index is 0.167. The summed E-state index contributed by atoms with van der Waals surface area (Å²) in [5, 5.41) is 11.1. The predicted molar refractivity (Wildman–Crippen MR) is 102 cm³/mol. The summed E-state index contributed by atoms with van der Waals surface area (Å²) in [4.78, 5) is 25.5. The van der Waals surface area contributed by atoms with Crippen molar-refractivity contribution in [3.8, 4) is 0 Å². The molecule has 130 valence electrons. The van der Waals surface area contributed by atoms with E-state index in [2.05, 4.69) is 15.5 Å². The van der Waals surface area contributed by atoms with Gasteiger partial charge in [-0.25, -0.2) is 0 Å². The number of carbonyl (C=O) groups excluding carboxylic acids is 2. The second-order valence-corrected chi connectivity index (χ2v) is 7.86. The lowest BCUT2D eigenvalue weighted by Gasteiger charge is -2.15. The highest BCUT2D eigenvalue weighted by Crippen LogP contribution is 2.25. The van der Waals surface area contributed by atoms with Crippen molar-refractivity contribution in [1.29, 1.82) is 0 Å². The van der Waals surface area contributed by atoms with Crippen molar-refractivity contribution in [2.24, 2.45) is 0 Å². The van der Waals surface area contributed by atoms with Gasteiger partial charge in [0.05, 0.1) is 0 Å². The lowest BCUT2D eigenvalue weighted by atomic mass is 10.2. The van der Waals surface area contributed by atoms with Crippen LogP contribution in [0, 0.1) is 0 Å². The molecule has 0 bridgehead atoms. The van der Waals surface area contributed by atoms with Crippen molar-refractivity contribution in [2.75, 3.05) is 22.5 Å². The Kier molecular flexibility index (Phi) is 5.83. The topological polar surface area (TPSA) is 75.2 Å². The van der Waals surface area contributed by atoms with Crippen LogP contribution in [0.4, 0.5) is 10.8 Å². The average molecular weight is 374 g/mol. The summed E-state index contributed by atoms with van der Waals surface area (Å²) in [5.74, 6) is 0.838. The Balaban J connectivity index is 1.57. The smallest absolute Gasteiger partial charge is 0.250 e. The fourth-order valence-corrected chi connectivity index (χ4v) is 4.10. The Bertz CT molecular complexity index is 786. The second-order valence-electron chi connectivity index (χ2n) is 5.37. The Labute approximate surface area is 154 Å². The number of rotatable bonds is 6. The van der Waals surface area contributed by atoms with Crippen molar-refractivity contribution >= 4 is 51.8 Å². The van der Waals surface area contributed by atoms with Gasteiger partial charge in [0.15, 0.2) is 4.34 Å². The number of nitrogens with one attached hydrogen (secondary N) is 1. The van der Waals surface area contributed by atoms with E-state index in [9.17, 15) is 9.59 Å². The third kappa shape index (κ3) is 4.67. The molecular formula is C17H18N4O2S2. The summed E-state index contributed by atoms with van der Waals surface area (Å²) >= 11 is 2.95. The van der Waals surface area contributed by atoms with Crippen LogP contribution < -0.4 is 10.2 Å². The van der Waals surface area contributed by atoms with E-state index in [0.717, 1.165) is 34.3 Å². The third-order valence-electron chi connectivity index (χ3n) is 3.61. The minimum atomic E-state index is -0.247. The molecule has 1 fully saturated rings. The van der Waals surface area contributed by atoms with E-state index in [0.29, 0.717) is 11.6 Å². The molecule has 1 aromatic carbocycles. The first-order chi connectivity index (χ1) is 12.2. The van der Waals surface area contributed by atoms with Gasteiger partial charge in [0.2, 0.25) is 16.9 Å². The van der Waals surface area contributed by atoms with Gasteiger partial charge in [0.25, 0.3) is 0 Å². The third-order valence-corrected chi connectivity index (χ3v) is 5.46. The molecule has 0 radical (unpaired) electrons. The van der Waals surface area contributed by atoms with Gasteiger partial charge < -0.3 is 4.90 Å². The van der Waals surface area contributed by atoms with E-state index in [-0.39, 0.29) is 11.8 Å². The first-order valence-corrected chi connectivity index (χ1v) is 9.81. The standard InChI is InChI=1S/C17H18N4O2S2/c1-2-24-17-20-19-16(25-17)18-14(22)10-7-12-5-8-13(9-6-12)21-11-3-4-15(21)23/h5-10H,2-4,11H2,1H3,(H,18,19,22). The molecule has 0 saturated carbocycles. The van der Waals surface area contributed by atoms with Crippen LogP contribution in [0.3, 0.4) is 0 Å². The first-order valence-electron chi connectivity index (χ1n) is 8.01. The molecule has 6 nitrogen and oxygen atoms in total. The molecule has 2 aromatic rings. The summed E-state index contributed by atoms with van der Waals surface area (Å²) in [7, 11) is 0. The molecule has 1 N–H and O–H groups in total. The zero-order valence-corrected chi connectivity index (χ0v) is 15.4. The van der Waals surface area contributed by atoms with E-state index in [4.69, 9.17) is 0 Å². The van der Waals surface area contributed by atoms with E-state index in [1.807, 2.05) is 31.2 Å². The SMILES string of the molecule is CCSc1nnc(NC(=O)C=Cc2ccc(N3CCCC3=O)cc2)s1. The monoisotopic (exact) mass is 374 g/mol. The van der Waals surface area contributed by atoms with Crippen LogP contribution in [0.1, 0.15) is 25.3 Å². The largest absolute Gasteiger partial charge is 0.312 e. The molecule has 0 spiro atoms. The molecule has 1 aliphatic rings. The van der Waals surface area contributed by atoms with Crippen LogP contribution in [0.15, 0.2) is 34.7 Å². The fraction of sp³-hybridized carbons (Fsp3) is 0.294. The number of thioether (sulfide) groups is 1. The fourth-order valence-electron chi connectivity index (χ4n) is 2.45. The minimum Gasteiger partial charge on any atom is -0.312 e. The van der Waals surface area contributed by atoms with Gasteiger partial charge in [-0.1, -0.05) is 42.2 Å². The first kappa shape index (κ1) is 17.6. The van der Waals surface area contributed by atoms with Gasteiger partial charge in [0, 0.05) is 24.7 Å². The highest BCUT2D eigenvalue weighted by atomic mass is 32.2. The quantitative estimate of drug-likeness (QED) is 0.476. The average Bonchev–Trinajstić information content (AvgIpc) is 3.23. The molecule has 1 aromatic heterocycles. The van der Waals surface area contributed by atoms with Crippen LogP contribution in [-0.2, 0) is 9.59 Å². The van der Waals surface area contributed by atoms with Gasteiger partial charge in [-0.3, -0.25) is 14.9 Å². The van der Waals surface area contributed by atoms with Crippen molar-refractivity contribution in [3.63, 3.8) is 0 Å². The van der Waals surface area contributed by atoms with Crippen LogP contribution >= 0.6 is 23.1 Å². The normalized spacial score (nSPS) is 14.4. The summed E-state index contributed by atoms with van der Waals surface area (Å²) < 4.78 is 0.842. The van der Waals surface area contributed by atoms with Crippen LogP contribution in [-0.4, -0.2) is 34.3 Å². The lowest BCUT2D eigenvalue weighted by Crippen LogP contribution is -2.23. The summed E-state index contributed by atoms with van der Waals surface area (Å²) in [6, 6.07) is 7.59. The molecular weight excluding hydrogens is 356 g/mol. The van der Waals surface area contributed by atoms with Gasteiger partial charge in [-0.2, -0.15) is 0 Å². The number of aromatic nitrogens is 2. The zero-order valence-electron chi connectivity index (χ0n) is 13.8. The summed E-state index contributed by atoms with van der Waals surface area (Å²) in [6.45, 7) is 2.81. The summed E-state index contributed by atoms with van der Waals surface area (Å²) in [5.41, 5.74) is 1.80. The number of nitrogens with zero attached hydrogens (tertiary/aromatic N) is 3. The second kappa shape index (κ2) is 8.26. The van der Waals surface area contributed by atoms with E-state index in [1.54, 1.807) is 22.7 Å². The highest BCUT2D eigenvalue weighted by molar-refractivity contribution is 8.01. The summed E-state index contributed by atoms with van der Waals surface area (Å²) in [6.07, 6.45) is 4.72. The lowest BCUT2D eigenvalue weighted by molar-refractivity contribution is -0.117. The van der Waals surface area contributed by atoms with Crippen molar-refractivity contribution in [3.05, 3.63) is 35.9 Å².